The minimum absolute atomic E-state index is 0.0708. The van der Waals surface area contributed by atoms with Gasteiger partial charge in [0, 0.05) is 0 Å². The smallest absolute Gasteiger partial charge is 0.340 e. The van der Waals surface area contributed by atoms with E-state index in [1.165, 1.54) is 18.2 Å². The molecule has 1 aromatic carbocycles. The Balaban J connectivity index is 2.34. The van der Waals surface area contributed by atoms with E-state index in [0.717, 1.165) is 0 Å². The van der Waals surface area contributed by atoms with Crippen LogP contribution in [0.5, 0.6) is 0 Å². The van der Waals surface area contributed by atoms with Gasteiger partial charge in [0.1, 0.15) is 0 Å². The van der Waals surface area contributed by atoms with Crippen molar-refractivity contribution in [3.8, 4) is 0 Å². The number of allylic oxidation sites excluding steroid dienone is 2. The van der Waals surface area contributed by atoms with E-state index in [1.54, 1.807) is 26.0 Å². The second-order valence-corrected chi connectivity index (χ2v) is 6.18. The Morgan fingerprint density at radius 3 is 2.21 bits per heavy atom. The van der Waals surface area contributed by atoms with Crippen LogP contribution in [0.15, 0.2) is 30.4 Å². The first-order valence-corrected chi connectivity index (χ1v) is 9.05. The van der Waals surface area contributed by atoms with E-state index in [-0.39, 0.29) is 42.9 Å². The van der Waals surface area contributed by atoms with E-state index in [2.05, 4.69) is 5.32 Å². The van der Waals surface area contributed by atoms with E-state index in [9.17, 15) is 24.3 Å². The number of hydrogen-bond acceptors (Lipinski definition) is 6. The highest BCUT2D eigenvalue weighted by Crippen LogP contribution is 2.28. The first kappa shape index (κ1) is 21.1. The van der Waals surface area contributed by atoms with E-state index in [1.807, 2.05) is 0 Å². The monoisotopic (exact) mass is 389 g/mol. The minimum Gasteiger partial charge on any atom is -0.481 e. The van der Waals surface area contributed by atoms with E-state index in [4.69, 9.17) is 9.47 Å². The summed E-state index contributed by atoms with van der Waals surface area (Å²) < 4.78 is 9.94. The number of esters is 2. The maximum atomic E-state index is 12.7. The summed E-state index contributed by atoms with van der Waals surface area (Å²) >= 11 is 0. The van der Waals surface area contributed by atoms with E-state index in [0.29, 0.717) is 0 Å². The predicted molar refractivity (Wildman–Crippen MR) is 100.0 cm³/mol. The lowest BCUT2D eigenvalue weighted by Crippen LogP contribution is -2.35. The molecule has 0 saturated carbocycles. The van der Waals surface area contributed by atoms with Gasteiger partial charge in [0.25, 0.3) is 0 Å². The van der Waals surface area contributed by atoms with Gasteiger partial charge >= 0.3 is 17.9 Å². The van der Waals surface area contributed by atoms with Gasteiger partial charge in [-0.25, -0.2) is 9.59 Å². The summed E-state index contributed by atoms with van der Waals surface area (Å²) in [5, 5.41) is 12.0. The summed E-state index contributed by atoms with van der Waals surface area (Å²) in [5.74, 6) is -4.50. The second-order valence-electron chi connectivity index (χ2n) is 6.18. The van der Waals surface area contributed by atoms with Crippen LogP contribution in [0.2, 0.25) is 0 Å². The Labute approximate surface area is 162 Å². The summed E-state index contributed by atoms with van der Waals surface area (Å²) in [5.41, 5.74) is 0.303. The molecule has 1 aliphatic rings. The van der Waals surface area contributed by atoms with Crippen LogP contribution in [0.4, 0.5) is 5.69 Å². The molecule has 0 aliphatic heterocycles. The Morgan fingerprint density at radius 1 is 1.00 bits per heavy atom. The van der Waals surface area contributed by atoms with Crippen molar-refractivity contribution in [2.75, 3.05) is 18.5 Å². The zero-order valence-electron chi connectivity index (χ0n) is 15.8. The largest absolute Gasteiger partial charge is 0.481 e. The van der Waals surface area contributed by atoms with Gasteiger partial charge in [-0.3, -0.25) is 9.59 Å². The lowest BCUT2D eigenvalue weighted by atomic mass is 9.82. The summed E-state index contributed by atoms with van der Waals surface area (Å²) in [4.78, 5) is 48.4. The van der Waals surface area contributed by atoms with Crippen molar-refractivity contribution < 1.29 is 33.8 Å². The fraction of sp³-hybridized carbons (Fsp3) is 0.400. The molecule has 28 heavy (non-hydrogen) atoms. The number of rotatable bonds is 7. The first-order chi connectivity index (χ1) is 13.4. The molecule has 0 unspecified atom stereocenters. The highest BCUT2D eigenvalue weighted by molar-refractivity contribution is 6.04. The number of ether oxygens (including phenoxy) is 2. The fourth-order valence-corrected chi connectivity index (χ4v) is 2.98. The predicted octanol–water partition coefficient (Wildman–Crippen LogP) is 2.65. The van der Waals surface area contributed by atoms with Gasteiger partial charge in [-0.15, -0.1) is 0 Å². The molecule has 0 saturated heterocycles. The third-order valence-electron chi connectivity index (χ3n) is 4.37. The Hall–Kier alpha value is -3.16. The number of hydrogen-bond donors (Lipinski definition) is 2. The Morgan fingerprint density at radius 2 is 1.61 bits per heavy atom. The standard InChI is InChI=1S/C20H23NO7/c1-3-27-19(25)12-9-10-15(20(26)28-4-2)16(11-12)21-17(22)13-7-5-6-8-14(13)18(23)24/h5-6,9-11,13-14H,3-4,7-8H2,1-2H3,(H,21,22)(H,23,24)/t13-,14+/m1/s1. The van der Waals surface area contributed by atoms with Gasteiger partial charge in [0.2, 0.25) is 5.91 Å². The number of amides is 1. The van der Waals surface area contributed by atoms with Crippen molar-refractivity contribution in [3.63, 3.8) is 0 Å². The molecule has 0 fully saturated rings. The first-order valence-electron chi connectivity index (χ1n) is 9.05. The van der Waals surface area contributed by atoms with Crippen LogP contribution in [0.3, 0.4) is 0 Å². The van der Waals surface area contributed by atoms with Crippen LogP contribution in [0.1, 0.15) is 47.4 Å². The summed E-state index contributed by atoms with van der Waals surface area (Å²) in [6.07, 6.45) is 4.01. The van der Waals surface area contributed by atoms with Crippen molar-refractivity contribution in [1.29, 1.82) is 0 Å². The van der Waals surface area contributed by atoms with Crippen LogP contribution in [-0.4, -0.2) is 42.1 Å². The van der Waals surface area contributed by atoms with E-state index >= 15 is 0 Å². The van der Waals surface area contributed by atoms with E-state index < -0.39 is 35.7 Å². The highest BCUT2D eigenvalue weighted by atomic mass is 16.5. The number of carboxylic acids is 1. The molecule has 8 nitrogen and oxygen atoms in total. The van der Waals surface area contributed by atoms with Crippen LogP contribution >= 0.6 is 0 Å². The van der Waals surface area contributed by atoms with Gasteiger partial charge in [-0.2, -0.15) is 0 Å². The summed E-state index contributed by atoms with van der Waals surface area (Å²) in [6.45, 7) is 3.63. The maximum absolute atomic E-state index is 12.7. The van der Waals surface area contributed by atoms with Crippen LogP contribution in [-0.2, 0) is 19.1 Å². The maximum Gasteiger partial charge on any atom is 0.340 e. The molecule has 1 amide bonds. The van der Waals surface area contributed by atoms with Crippen molar-refractivity contribution in [3.05, 3.63) is 41.5 Å². The van der Waals surface area contributed by atoms with Crippen LogP contribution in [0.25, 0.3) is 0 Å². The number of anilines is 1. The zero-order valence-corrected chi connectivity index (χ0v) is 15.8. The van der Waals surface area contributed by atoms with Gasteiger partial charge in [-0.1, -0.05) is 12.2 Å². The topological polar surface area (TPSA) is 119 Å². The third kappa shape index (κ3) is 4.97. The molecule has 0 spiro atoms. The molecule has 2 N–H and O–H groups in total. The number of aliphatic carboxylic acids is 1. The molecule has 0 heterocycles. The SMILES string of the molecule is CCOC(=O)c1ccc(C(=O)OCC)c(NC(=O)[C@@H]2CC=CC[C@@H]2C(=O)O)c1. The molecular weight excluding hydrogens is 366 g/mol. The molecule has 150 valence electrons. The van der Waals surface area contributed by atoms with Crippen LogP contribution in [0, 0.1) is 11.8 Å². The number of carbonyl (C=O) groups excluding carboxylic acids is 3. The van der Waals surface area contributed by atoms with Crippen molar-refractivity contribution in [1.82, 2.24) is 0 Å². The molecule has 0 aromatic heterocycles. The van der Waals surface area contributed by atoms with Crippen molar-refractivity contribution in [2.45, 2.75) is 26.7 Å². The number of carboxylic acid groups (broad SMARTS) is 1. The fourth-order valence-electron chi connectivity index (χ4n) is 2.98. The van der Waals surface area contributed by atoms with Gasteiger partial charge in [0.15, 0.2) is 0 Å². The number of benzene rings is 1. The van der Waals surface area contributed by atoms with Gasteiger partial charge < -0.3 is 19.9 Å². The number of nitrogens with one attached hydrogen (secondary N) is 1. The average molecular weight is 389 g/mol. The zero-order chi connectivity index (χ0) is 20.7. The minimum atomic E-state index is -1.06. The summed E-state index contributed by atoms with van der Waals surface area (Å²) in [7, 11) is 0. The second kappa shape index (κ2) is 9.68. The third-order valence-corrected chi connectivity index (χ3v) is 4.37. The quantitative estimate of drug-likeness (QED) is 0.543. The average Bonchev–Trinajstić information content (AvgIpc) is 2.68. The lowest BCUT2D eigenvalue weighted by Gasteiger charge is -2.24. The molecule has 2 atom stereocenters. The molecule has 0 radical (unpaired) electrons. The van der Waals surface area contributed by atoms with Gasteiger partial charge in [0.05, 0.1) is 41.9 Å². The Bertz CT molecular complexity index is 800. The Kier molecular flexibility index (Phi) is 7.31. The van der Waals surface area contributed by atoms with Crippen molar-refractivity contribution >= 4 is 29.5 Å². The van der Waals surface area contributed by atoms with Gasteiger partial charge in [-0.05, 0) is 44.9 Å². The molecule has 1 aromatic rings. The highest BCUT2D eigenvalue weighted by Gasteiger charge is 2.34. The number of carbonyl (C=O) groups is 4. The molecule has 0 bridgehead atoms. The normalized spacial score (nSPS) is 18.2. The lowest BCUT2D eigenvalue weighted by molar-refractivity contribution is -0.146. The molecule has 2 rings (SSSR count). The van der Waals surface area contributed by atoms with Crippen LogP contribution < -0.4 is 5.32 Å². The van der Waals surface area contributed by atoms with Crippen molar-refractivity contribution in [2.24, 2.45) is 11.8 Å². The molecular formula is C20H23NO7. The molecule has 8 heteroatoms. The molecule has 1 aliphatic carbocycles. The summed E-state index contributed by atoms with van der Waals surface area (Å²) in [6, 6.07) is 4.11.